The molecule has 9 aromatic rings. The zero-order chi connectivity index (χ0) is 38.0. The fourth-order valence-electron chi connectivity index (χ4n) is 8.00. The maximum atomic E-state index is 2.39. The van der Waals surface area contributed by atoms with Crippen LogP contribution in [-0.4, -0.2) is 0 Å². The van der Waals surface area contributed by atoms with Crippen molar-refractivity contribution < 1.29 is 0 Å². The molecular weight excluding hydrogens is 691 g/mol. The van der Waals surface area contributed by atoms with Crippen molar-refractivity contribution in [2.24, 2.45) is 0 Å². The summed E-state index contributed by atoms with van der Waals surface area (Å²) in [6, 6.07) is 84.7. The second-order valence-electron chi connectivity index (χ2n) is 14.2. The minimum Gasteiger partial charge on any atom is -0.311 e. The third-order valence-electron chi connectivity index (χ3n) is 10.8. The molecule has 0 fully saturated rings. The summed E-state index contributed by atoms with van der Waals surface area (Å²) in [7, 11) is 0. The predicted octanol–water partition coefficient (Wildman–Crippen LogP) is 15.4. The second-order valence-corrected chi connectivity index (χ2v) is 14.2. The SMILES string of the molecule is c1ccc(-c2ccc(N(c3ccc(-c4ccccc4)cc3)c3ccc(-c4ccc5c(c4)N(c4ccccc4)c4ccccc4N5c4ccccc4)cc3)cc2)cc1. The molecule has 0 radical (unpaired) electrons. The van der Waals surface area contributed by atoms with E-state index in [4.69, 9.17) is 0 Å². The van der Waals surface area contributed by atoms with Crippen molar-refractivity contribution in [3.05, 3.63) is 237 Å². The van der Waals surface area contributed by atoms with E-state index < -0.39 is 0 Å². The largest absolute Gasteiger partial charge is 0.311 e. The minimum absolute atomic E-state index is 1.09. The van der Waals surface area contributed by atoms with E-state index in [2.05, 4.69) is 251 Å². The van der Waals surface area contributed by atoms with E-state index in [1.807, 2.05) is 0 Å². The predicted molar refractivity (Wildman–Crippen MR) is 240 cm³/mol. The van der Waals surface area contributed by atoms with E-state index in [-0.39, 0.29) is 0 Å². The van der Waals surface area contributed by atoms with E-state index in [0.717, 1.165) is 62.3 Å². The second kappa shape index (κ2) is 14.9. The van der Waals surface area contributed by atoms with Crippen LogP contribution in [0.15, 0.2) is 237 Å². The van der Waals surface area contributed by atoms with Gasteiger partial charge in [0.05, 0.1) is 22.7 Å². The van der Waals surface area contributed by atoms with Crippen LogP contribution in [0.5, 0.6) is 0 Å². The standard InChI is InChI=1S/C54H39N3/c1-5-15-40(16-6-1)42-25-32-48(33-26-42)55(49-34-27-43(28-35-49)41-17-7-2-8-18-41)50-36-29-44(30-37-50)45-31-38-53-54(39-45)57(47-21-11-4-12-22-47)52-24-14-13-23-51(52)56(53)46-19-9-3-10-20-46/h1-39H. The molecule has 9 aromatic carbocycles. The Morgan fingerprint density at radius 1 is 0.228 bits per heavy atom. The van der Waals surface area contributed by atoms with Crippen LogP contribution in [0.3, 0.4) is 0 Å². The lowest BCUT2D eigenvalue weighted by atomic mass is 9.99. The van der Waals surface area contributed by atoms with Crippen LogP contribution in [0.1, 0.15) is 0 Å². The van der Waals surface area contributed by atoms with E-state index in [1.165, 1.54) is 22.3 Å². The Kier molecular flexibility index (Phi) is 8.86. The lowest BCUT2D eigenvalue weighted by Gasteiger charge is -2.40. The Morgan fingerprint density at radius 3 is 0.947 bits per heavy atom. The molecule has 0 aromatic heterocycles. The van der Waals surface area contributed by atoms with E-state index >= 15 is 0 Å². The Labute approximate surface area is 334 Å². The van der Waals surface area contributed by atoms with Crippen LogP contribution in [0.2, 0.25) is 0 Å². The summed E-state index contributed by atoms with van der Waals surface area (Å²) in [5.74, 6) is 0. The summed E-state index contributed by atoms with van der Waals surface area (Å²) < 4.78 is 0. The van der Waals surface area contributed by atoms with Gasteiger partial charge in [-0.3, -0.25) is 0 Å². The van der Waals surface area contributed by atoms with Gasteiger partial charge in [-0.05, 0) is 118 Å². The summed E-state index contributed by atoms with van der Waals surface area (Å²) in [6.45, 7) is 0. The van der Waals surface area contributed by atoms with Crippen molar-refractivity contribution in [2.45, 2.75) is 0 Å². The molecule has 0 amide bonds. The average Bonchev–Trinajstić information content (AvgIpc) is 3.30. The molecule has 0 spiro atoms. The highest BCUT2D eigenvalue weighted by atomic mass is 15.3. The topological polar surface area (TPSA) is 9.72 Å². The summed E-state index contributed by atoms with van der Waals surface area (Å²) in [5, 5.41) is 0. The zero-order valence-corrected chi connectivity index (χ0v) is 31.4. The molecule has 0 aliphatic carbocycles. The number of hydrogen-bond acceptors (Lipinski definition) is 3. The lowest BCUT2D eigenvalue weighted by Crippen LogP contribution is -2.24. The number of benzene rings is 9. The zero-order valence-electron chi connectivity index (χ0n) is 31.4. The summed E-state index contributed by atoms with van der Waals surface area (Å²) >= 11 is 0. The molecule has 3 heteroatoms. The van der Waals surface area contributed by atoms with Crippen molar-refractivity contribution in [3.8, 4) is 33.4 Å². The van der Waals surface area contributed by atoms with Crippen LogP contribution in [0, 0.1) is 0 Å². The third kappa shape index (κ3) is 6.52. The van der Waals surface area contributed by atoms with Gasteiger partial charge in [-0.15, -0.1) is 0 Å². The van der Waals surface area contributed by atoms with Gasteiger partial charge >= 0.3 is 0 Å². The van der Waals surface area contributed by atoms with Crippen LogP contribution >= 0.6 is 0 Å². The van der Waals surface area contributed by atoms with Crippen LogP contribution in [-0.2, 0) is 0 Å². The molecule has 1 aliphatic rings. The molecule has 57 heavy (non-hydrogen) atoms. The molecule has 0 bridgehead atoms. The molecule has 10 rings (SSSR count). The first-order chi connectivity index (χ1) is 28.3. The van der Waals surface area contributed by atoms with Gasteiger partial charge in [-0.2, -0.15) is 0 Å². The van der Waals surface area contributed by atoms with Crippen LogP contribution in [0.25, 0.3) is 33.4 Å². The molecular formula is C54H39N3. The first kappa shape index (κ1) is 33.9. The Hall–Kier alpha value is -7.62. The first-order valence-electron chi connectivity index (χ1n) is 19.4. The molecule has 0 N–H and O–H groups in total. The molecule has 0 saturated heterocycles. The van der Waals surface area contributed by atoms with Gasteiger partial charge in [0.25, 0.3) is 0 Å². The van der Waals surface area contributed by atoms with Crippen molar-refractivity contribution in [2.75, 3.05) is 14.7 Å². The van der Waals surface area contributed by atoms with Gasteiger partial charge in [0.1, 0.15) is 0 Å². The number of anilines is 9. The number of rotatable bonds is 8. The van der Waals surface area contributed by atoms with Gasteiger partial charge in [-0.25, -0.2) is 0 Å². The number of nitrogens with zero attached hydrogens (tertiary/aromatic N) is 3. The normalized spacial score (nSPS) is 11.8. The van der Waals surface area contributed by atoms with Gasteiger partial charge < -0.3 is 14.7 Å². The van der Waals surface area contributed by atoms with E-state index in [9.17, 15) is 0 Å². The highest BCUT2D eigenvalue weighted by Gasteiger charge is 2.30. The van der Waals surface area contributed by atoms with E-state index in [1.54, 1.807) is 0 Å². The van der Waals surface area contributed by atoms with Crippen LogP contribution < -0.4 is 14.7 Å². The minimum atomic E-state index is 1.09. The van der Waals surface area contributed by atoms with Crippen molar-refractivity contribution >= 4 is 51.2 Å². The van der Waals surface area contributed by atoms with Gasteiger partial charge in [0.2, 0.25) is 0 Å². The van der Waals surface area contributed by atoms with E-state index in [0.29, 0.717) is 0 Å². The highest BCUT2D eigenvalue weighted by molar-refractivity contribution is 6.02. The maximum absolute atomic E-state index is 2.39. The summed E-state index contributed by atoms with van der Waals surface area (Å²) in [6.07, 6.45) is 0. The van der Waals surface area contributed by atoms with Crippen molar-refractivity contribution in [1.29, 1.82) is 0 Å². The molecule has 1 aliphatic heterocycles. The fraction of sp³-hybridized carbons (Fsp3) is 0. The van der Waals surface area contributed by atoms with Crippen molar-refractivity contribution in [3.63, 3.8) is 0 Å². The molecule has 270 valence electrons. The molecule has 1 heterocycles. The monoisotopic (exact) mass is 729 g/mol. The van der Waals surface area contributed by atoms with Gasteiger partial charge in [0.15, 0.2) is 0 Å². The summed E-state index contributed by atoms with van der Waals surface area (Å²) in [4.78, 5) is 7.11. The van der Waals surface area contributed by atoms with Gasteiger partial charge in [0, 0.05) is 28.4 Å². The smallest absolute Gasteiger partial charge is 0.0709 e. The lowest BCUT2D eigenvalue weighted by molar-refractivity contribution is 1.17. The Bertz CT molecular complexity index is 2670. The summed E-state index contributed by atoms with van der Waals surface area (Å²) in [5.41, 5.74) is 17.2. The van der Waals surface area contributed by atoms with Gasteiger partial charge in [-0.1, -0.05) is 152 Å². The van der Waals surface area contributed by atoms with Crippen molar-refractivity contribution in [1.82, 2.24) is 0 Å². The molecule has 3 nitrogen and oxygen atoms in total. The van der Waals surface area contributed by atoms with Crippen LogP contribution in [0.4, 0.5) is 51.2 Å². The first-order valence-corrected chi connectivity index (χ1v) is 19.4. The average molecular weight is 730 g/mol. The maximum Gasteiger partial charge on any atom is 0.0709 e. The molecule has 0 unspecified atom stereocenters. The number of fused-ring (bicyclic) bond motifs is 2. The highest BCUT2D eigenvalue weighted by Crippen LogP contribution is 2.54. The Balaban J connectivity index is 1.05. The molecule has 0 atom stereocenters. The third-order valence-corrected chi connectivity index (χ3v) is 10.8. The molecule has 0 saturated carbocycles. The fourth-order valence-corrected chi connectivity index (χ4v) is 8.00. The number of para-hydroxylation sites is 4. The Morgan fingerprint density at radius 2 is 0.526 bits per heavy atom. The number of hydrogen-bond donors (Lipinski definition) is 0. The quantitative estimate of drug-likeness (QED) is 0.154.